The van der Waals surface area contributed by atoms with Gasteiger partial charge in [0.25, 0.3) is 0 Å². The van der Waals surface area contributed by atoms with Crippen LogP contribution in [0.1, 0.15) is 44.6 Å². The Balaban J connectivity index is 2.55. The summed E-state index contributed by atoms with van der Waals surface area (Å²) in [5.74, 6) is -0.917. The first-order valence-corrected chi connectivity index (χ1v) is 10.5. The van der Waals surface area contributed by atoms with E-state index in [1.807, 2.05) is 0 Å². The molecule has 0 atom stereocenters. The lowest BCUT2D eigenvalue weighted by Crippen LogP contribution is -2.44. The molecule has 0 radical (unpaired) electrons. The van der Waals surface area contributed by atoms with E-state index in [4.69, 9.17) is 16.3 Å². The second-order valence-electron chi connectivity index (χ2n) is 6.28. The third-order valence-corrected chi connectivity index (χ3v) is 6.88. The van der Waals surface area contributed by atoms with Crippen molar-refractivity contribution < 1.29 is 31.1 Å². The van der Waals surface area contributed by atoms with Crippen LogP contribution in [0.15, 0.2) is 18.2 Å². The standard InChI is InChI=1S/C17H21ClF3NO4S/c1-2-26-16(23)11-22(27(24,25)13-6-4-3-5-7-13)15-9-8-12(18)10-14(15)17(19,20)21/h8-10,13H,2-7,11H2,1H3. The van der Waals surface area contributed by atoms with Gasteiger partial charge in [-0.3, -0.25) is 9.10 Å². The second kappa shape index (κ2) is 8.68. The Hall–Kier alpha value is -1.48. The van der Waals surface area contributed by atoms with Crippen molar-refractivity contribution in [3.05, 3.63) is 28.8 Å². The Labute approximate surface area is 161 Å². The number of halogens is 4. The average molecular weight is 428 g/mol. The summed E-state index contributed by atoms with van der Waals surface area (Å²) in [6.45, 7) is 0.696. The number of nitrogens with zero attached hydrogens (tertiary/aromatic N) is 1. The molecule has 10 heteroatoms. The van der Waals surface area contributed by atoms with E-state index in [1.165, 1.54) is 13.0 Å². The van der Waals surface area contributed by atoms with Gasteiger partial charge in [0, 0.05) is 5.02 Å². The van der Waals surface area contributed by atoms with E-state index in [0.717, 1.165) is 12.5 Å². The average Bonchev–Trinajstić information content (AvgIpc) is 2.60. The third kappa shape index (κ3) is 5.28. The molecule has 0 saturated heterocycles. The summed E-state index contributed by atoms with van der Waals surface area (Å²) in [5, 5.41) is -1.02. The van der Waals surface area contributed by atoms with Crippen LogP contribution < -0.4 is 4.31 Å². The van der Waals surface area contributed by atoms with E-state index in [9.17, 15) is 26.4 Å². The number of anilines is 1. The molecule has 1 fully saturated rings. The Morgan fingerprint density at radius 3 is 2.44 bits per heavy atom. The lowest BCUT2D eigenvalue weighted by Gasteiger charge is -2.32. The van der Waals surface area contributed by atoms with Crippen LogP contribution in [0.2, 0.25) is 5.02 Å². The maximum absolute atomic E-state index is 13.5. The fourth-order valence-electron chi connectivity index (χ4n) is 3.13. The number of ether oxygens (including phenoxy) is 1. The van der Waals surface area contributed by atoms with Crippen molar-refractivity contribution in [1.29, 1.82) is 0 Å². The number of hydrogen-bond acceptors (Lipinski definition) is 4. The summed E-state index contributed by atoms with van der Waals surface area (Å²) >= 11 is 5.69. The highest BCUT2D eigenvalue weighted by molar-refractivity contribution is 7.93. The van der Waals surface area contributed by atoms with Gasteiger partial charge in [-0.25, -0.2) is 8.42 Å². The van der Waals surface area contributed by atoms with Crippen molar-refractivity contribution in [2.45, 2.75) is 50.5 Å². The molecule has 0 heterocycles. The van der Waals surface area contributed by atoms with Crippen LogP contribution in [-0.4, -0.2) is 32.8 Å². The summed E-state index contributed by atoms with van der Waals surface area (Å²) in [7, 11) is -4.20. The van der Waals surface area contributed by atoms with E-state index in [-0.39, 0.29) is 11.6 Å². The predicted molar refractivity (Wildman–Crippen MR) is 96.2 cm³/mol. The highest BCUT2D eigenvalue weighted by Gasteiger charge is 2.41. The smallest absolute Gasteiger partial charge is 0.418 e. The minimum Gasteiger partial charge on any atom is -0.465 e. The van der Waals surface area contributed by atoms with Crippen LogP contribution in [-0.2, 0) is 25.7 Å². The van der Waals surface area contributed by atoms with Crippen LogP contribution in [0.3, 0.4) is 0 Å². The highest BCUT2D eigenvalue weighted by atomic mass is 35.5. The van der Waals surface area contributed by atoms with E-state index < -0.39 is 45.2 Å². The fraction of sp³-hybridized carbons (Fsp3) is 0.588. The van der Waals surface area contributed by atoms with Crippen LogP contribution in [0, 0.1) is 0 Å². The molecule has 0 unspecified atom stereocenters. The van der Waals surface area contributed by atoms with E-state index in [1.54, 1.807) is 0 Å². The predicted octanol–water partition coefficient (Wildman–Crippen LogP) is 4.39. The topological polar surface area (TPSA) is 63.7 Å². The maximum atomic E-state index is 13.5. The minimum absolute atomic E-state index is 0.0110. The molecule has 0 aliphatic heterocycles. The molecule has 2 rings (SSSR count). The van der Waals surface area contributed by atoms with Crippen molar-refractivity contribution in [2.24, 2.45) is 0 Å². The monoisotopic (exact) mass is 427 g/mol. The largest absolute Gasteiger partial charge is 0.465 e. The molecule has 0 spiro atoms. The first kappa shape index (κ1) is 21.8. The Morgan fingerprint density at radius 1 is 1.26 bits per heavy atom. The van der Waals surface area contributed by atoms with Crippen LogP contribution in [0.4, 0.5) is 18.9 Å². The number of alkyl halides is 3. The van der Waals surface area contributed by atoms with E-state index in [2.05, 4.69) is 0 Å². The van der Waals surface area contributed by atoms with Crippen molar-refractivity contribution in [1.82, 2.24) is 0 Å². The number of carbonyl (C=O) groups is 1. The molecule has 1 aromatic rings. The SMILES string of the molecule is CCOC(=O)CN(c1ccc(Cl)cc1C(F)(F)F)S(=O)(=O)C1CCCCC1. The van der Waals surface area contributed by atoms with Gasteiger partial charge in [0.1, 0.15) is 6.54 Å². The van der Waals surface area contributed by atoms with Crippen LogP contribution in [0.25, 0.3) is 0 Å². The van der Waals surface area contributed by atoms with Gasteiger partial charge in [-0.15, -0.1) is 0 Å². The molecular weight excluding hydrogens is 407 g/mol. The Morgan fingerprint density at radius 2 is 1.89 bits per heavy atom. The fourth-order valence-corrected chi connectivity index (χ4v) is 5.31. The van der Waals surface area contributed by atoms with Gasteiger partial charge in [0.2, 0.25) is 10.0 Å². The number of hydrogen-bond donors (Lipinski definition) is 0. The number of sulfonamides is 1. The summed E-state index contributed by atoms with van der Waals surface area (Å²) in [6.07, 6.45) is -1.94. The molecule has 1 aliphatic carbocycles. The van der Waals surface area contributed by atoms with Gasteiger partial charge in [0.15, 0.2) is 0 Å². The number of benzene rings is 1. The zero-order chi connectivity index (χ0) is 20.2. The summed E-state index contributed by atoms with van der Waals surface area (Å²) in [6, 6.07) is 2.80. The lowest BCUT2D eigenvalue weighted by molar-refractivity contribution is -0.141. The Bertz CT molecular complexity index is 777. The lowest BCUT2D eigenvalue weighted by atomic mass is 10.0. The number of esters is 1. The molecule has 1 aromatic carbocycles. The van der Waals surface area contributed by atoms with Crippen LogP contribution >= 0.6 is 11.6 Å². The van der Waals surface area contributed by atoms with Crippen molar-refractivity contribution in [3.8, 4) is 0 Å². The van der Waals surface area contributed by atoms with Gasteiger partial charge in [-0.1, -0.05) is 30.9 Å². The molecule has 27 heavy (non-hydrogen) atoms. The van der Waals surface area contributed by atoms with Gasteiger partial charge >= 0.3 is 12.1 Å². The van der Waals surface area contributed by atoms with Crippen molar-refractivity contribution in [3.63, 3.8) is 0 Å². The summed E-state index contributed by atoms with van der Waals surface area (Å²) < 4.78 is 72.0. The van der Waals surface area contributed by atoms with Crippen molar-refractivity contribution >= 4 is 33.3 Å². The molecule has 0 bridgehead atoms. The van der Waals surface area contributed by atoms with Gasteiger partial charge in [0.05, 0.1) is 23.1 Å². The normalized spacial score (nSPS) is 16.2. The first-order valence-electron chi connectivity index (χ1n) is 8.61. The van der Waals surface area contributed by atoms with Crippen LogP contribution in [0.5, 0.6) is 0 Å². The number of rotatable bonds is 6. The first-order chi connectivity index (χ1) is 12.6. The van der Waals surface area contributed by atoms with Gasteiger partial charge < -0.3 is 4.74 Å². The zero-order valence-electron chi connectivity index (χ0n) is 14.8. The molecule has 0 N–H and O–H groups in total. The number of carbonyl (C=O) groups excluding carboxylic acids is 1. The molecule has 5 nitrogen and oxygen atoms in total. The second-order valence-corrected chi connectivity index (χ2v) is 8.85. The van der Waals surface area contributed by atoms with E-state index >= 15 is 0 Å². The Kier molecular flexibility index (Phi) is 7.02. The molecule has 152 valence electrons. The molecule has 0 aromatic heterocycles. The van der Waals surface area contributed by atoms with Crippen molar-refractivity contribution in [2.75, 3.05) is 17.5 Å². The quantitative estimate of drug-likeness (QED) is 0.631. The minimum atomic E-state index is -4.84. The highest BCUT2D eigenvalue weighted by Crippen LogP contribution is 2.40. The van der Waals surface area contributed by atoms with Gasteiger partial charge in [-0.05, 0) is 38.0 Å². The molecule has 1 aliphatic rings. The summed E-state index contributed by atoms with van der Waals surface area (Å²) in [5.41, 5.74) is -1.83. The molecule has 1 saturated carbocycles. The third-order valence-electron chi connectivity index (χ3n) is 4.39. The molecule has 0 amide bonds. The van der Waals surface area contributed by atoms with Gasteiger partial charge in [-0.2, -0.15) is 13.2 Å². The molecular formula is C17H21ClF3NO4S. The van der Waals surface area contributed by atoms with E-state index in [0.29, 0.717) is 36.1 Å². The maximum Gasteiger partial charge on any atom is 0.418 e. The summed E-state index contributed by atoms with van der Waals surface area (Å²) in [4.78, 5) is 11.9. The zero-order valence-corrected chi connectivity index (χ0v) is 16.3.